The number of sulfone groups is 1. The van der Waals surface area contributed by atoms with E-state index >= 15 is 0 Å². The molecular formula is C11H24N2O3S. The molecule has 3 N–H and O–H groups in total. The lowest BCUT2D eigenvalue weighted by molar-refractivity contribution is -0.122. The van der Waals surface area contributed by atoms with Crippen LogP contribution in [0.25, 0.3) is 0 Å². The van der Waals surface area contributed by atoms with Crippen molar-refractivity contribution in [2.45, 2.75) is 46.2 Å². The van der Waals surface area contributed by atoms with Crippen LogP contribution < -0.4 is 11.1 Å². The van der Waals surface area contributed by atoms with Crippen LogP contribution >= 0.6 is 0 Å². The van der Waals surface area contributed by atoms with Gasteiger partial charge in [-0.3, -0.25) is 4.79 Å². The Kier molecular flexibility index (Phi) is 5.61. The van der Waals surface area contributed by atoms with Gasteiger partial charge in [-0.1, -0.05) is 20.8 Å². The summed E-state index contributed by atoms with van der Waals surface area (Å²) in [6.45, 7) is 7.56. The van der Waals surface area contributed by atoms with E-state index in [1.807, 2.05) is 20.8 Å². The molecular weight excluding hydrogens is 240 g/mol. The molecule has 2 atom stereocenters. The number of carbonyl (C=O) groups is 1. The van der Waals surface area contributed by atoms with Gasteiger partial charge in [-0.25, -0.2) is 8.42 Å². The van der Waals surface area contributed by atoms with E-state index in [0.29, 0.717) is 0 Å². The van der Waals surface area contributed by atoms with E-state index in [-0.39, 0.29) is 35.6 Å². The Morgan fingerprint density at radius 2 is 1.82 bits per heavy atom. The van der Waals surface area contributed by atoms with E-state index in [1.165, 1.54) is 0 Å². The van der Waals surface area contributed by atoms with E-state index in [2.05, 4.69) is 5.32 Å². The molecule has 102 valence electrons. The third kappa shape index (κ3) is 8.15. The Bertz CT molecular complexity index is 357. The van der Waals surface area contributed by atoms with Crippen molar-refractivity contribution in [3.8, 4) is 0 Å². The van der Waals surface area contributed by atoms with E-state index in [9.17, 15) is 13.2 Å². The van der Waals surface area contributed by atoms with E-state index in [0.717, 1.165) is 6.26 Å². The molecule has 0 aliphatic rings. The molecule has 17 heavy (non-hydrogen) atoms. The lowest BCUT2D eigenvalue weighted by Gasteiger charge is -2.27. The van der Waals surface area contributed by atoms with E-state index in [4.69, 9.17) is 5.73 Å². The van der Waals surface area contributed by atoms with Crippen molar-refractivity contribution in [3.63, 3.8) is 0 Å². The number of carbonyl (C=O) groups excluding carboxylic acids is 1. The normalized spacial score (nSPS) is 16.4. The lowest BCUT2D eigenvalue weighted by atomic mass is 9.85. The molecule has 1 amide bonds. The quantitative estimate of drug-likeness (QED) is 0.747. The Balaban J connectivity index is 4.20. The van der Waals surface area contributed by atoms with Crippen molar-refractivity contribution >= 4 is 15.7 Å². The monoisotopic (exact) mass is 264 g/mol. The minimum atomic E-state index is -3.07. The van der Waals surface area contributed by atoms with Gasteiger partial charge in [0, 0.05) is 24.8 Å². The van der Waals surface area contributed by atoms with Crippen molar-refractivity contribution in [2.24, 2.45) is 11.1 Å². The number of amides is 1. The number of rotatable bonds is 5. The van der Waals surface area contributed by atoms with Crippen LogP contribution in [0.15, 0.2) is 0 Å². The van der Waals surface area contributed by atoms with Gasteiger partial charge in [-0.2, -0.15) is 0 Å². The first-order chi connectivity index (χ1) is 7.42. The number of hydrogen-bond acceptors (Lipinski definition) is 4. The highest BCUT2D eigenvalue weighted by molar-refractivity contribution is 7.90. The lowest BCUT2D eigenvalue weighted by Crippen LogP contribution is -2.43. The van der Waals surface area contributed by atoms with Crippen molar-refractivity contribution in [1.82, 2.24) is 5.32 Å². The molecule has 6 heteroatoms. The summed E-state index contributed by atoms with van der Waals surface area (Å²) in [4.78, 5) is 11.6. The second-order valence-electron chi connectivity index (χ2n) is 5.74. The molecule has 0 saturated carbocycles. The summed E-state index contributed by atoms with van der Waals surface area (Å²) in [6, 6.07) is -0.627. The molecule has 0 heterocycles. The highest BCUT2D eigenvalue weighted by Crippen LogP contribution is 2.19. The Labute approximate surface area is 104 Å². The fraction of sp³-hybridized carbons (Fsp3) is 0.909. The fourth-order valence-corrected chi connectivity index (χ4v) is 2.33. The Morgan fingerprint density at radius 1 is 1.35 bits per heavy atom. The van der Waals surface area contributed by atoms with Gasteiger partial charge in [0.2, 0.25) is 5.91 Å². The van der Waals surface area contributed by atoms with Crippen LogP contribution in [-0.2, 0) is 14.6 Å². The van der Waals surface area contributed by atoms with Crippen LogP contribution in [0.4, 0.5) is 0 Å². The van der Waals surface area contributed by atoms with Crippen molar-refractivity contribution in [2.75, 3.05) is 12.0 Å². The average Bonchev–Trinajstić information content (AvgIpc) is 1.96. The Hall–Kier alpha value is -0.620. The minimum absolute atomic E-state index is 0.0521. The van der Waals surface area contributed by atoms with Gasteiger partial charge in [-0.05, 0) is 12.3 Å². The molecule has 0 saturated heterocycles. The predicted molar refractivity (Wildman–Crippen MR) is 69.4 cm³/mol. The third-order valence-corrected chi connectivity index (χ3v) is 3.58. The molecule has 0 aromatic heterocycles. The van der Waals surface area contributed by atoms with Crippen molar-refractivity contribution in [1.29, 1.82) is 0 Å². The largest absolute Gasteiger partial charge is 0.353 e. The topological polar surface area (TPSA) is 89.3 Å². The zero-order chi connectivity index (χ0) is 13.9. The van der Waals surface area contributed by atoms with Crippen LogP contribution in [-0.4, -0.2) is 38.4 Å². The van der Waals surface area contributed by atoms with Gasteiger partial charge in [0.1, 0.15) is 9.84 Å². The summed E-state index contributed by atoms with van der Waals surface area (Å²) < 4.78 is 22.1. The first kappa shape index (κ1) is 16.4. The smallest absolute Gasteiger partial charge is 0.221 e. The summed E-state index contributed by atoms with van der Waals surface area (Å²) in [5.41, 5.74) is 5.73. The van der Waals surface area contributed by atoms with Gasteiger partial charge in [0.15, 0.2) is 0 Å². The summed E-state index contributed by atoms with van der Waals surface area (Å²) in [6.07, 6.45) is 1.36. The second-order valence-corrected chi connectivity index (χ2v) is 7.92. The zero-order valence-electron chi connectivity index (χ0n) is 11.3. The minimum Gasteiger partial charge on any atom is -0.353 e. The SMILES string of the molecule is CC(CS(C)(=O)=O)NC(=O)CC(N)C(C)(C)C. The number of nitrogens with one attached hydrogen (secondary N) is 1. The highest BCUT2D eigenvalue weighted by Gasteiger charge is 2.24. The molecule has 0 aliphatic carbocycles. The van der Waals surface area contributed by atoms with E-state index in [1.54, 1.807) is 6.92 Å². The van der Waals surface area contributed by atoms with Gasteiger partial charge in [0.05, 0.1) is 5.75 Å². The second kappa shape index (κ2) is 5.82. The summed E-state index contributed by atoms with van der Waals surface area (Å²) >= 11 is 0. The Morgan fingerprint density at radius 3 is 2.18 bits per heavy atom. The summed E-state index contributed by atoms with van der Waals surface area (Å²) in [7, 11) is -3.07. The van der Waals surface area contributed by atoms with Crippen LogP contribution in [0, 0.1) is 5.41 Å². The maximum absolute atomic E-state index is 11.6. The average molecular weight is 264 g/mol. The molecule has 0 fully saturated rings. The van der Waals surface area contributed by atoms with Crippen LogP contribution in [0.2, 0.25) is 0 Å². The zero-order valence-corrected chi connectivity index (χ0v) is 12.1. The van der Waals surface area contributed by atoms with Gasteiger partial charge < -0.3 is 11.1 Å². The first-order valence-corrected chi connectivity index (χ1v) is 7.70. The van der Waals surface area contributed by atoms with Gasteiger partial charge in [0.25, 0.3) is 0 Å². The molecule has 0 aromatic carbocycles. The van der Waals surface area contributed by atoms with Crippen molar-refractivity contribution < 1.29 is 13.2 Å². The van der Waals surface area contributed by atoms with E-state index < -0.39 is 9.84 Å². The van der Waals surface area contributed by atoms with Gasteiger partial charge in [-0.15, -0.1) is 0 Å². The maximum atomic E-state index is 11.6. The molecule has 2 unspecified atom stereocenters. The fourth-order valence-electron chi connectivity index (χ4n) is 1.34. The standard InChI is InChI=1S/C11H24N2O3S/c1-8(7-17(5,15)16)13-10(14)6-9(12)11(2,3)4/h8-9H,6-7,12H2,1-5H3,(H,13,14). The van der Waals surface area contributed by atoms with Crippen molar-refractivity contribution in [3.05, 3.63) is 0 Å². The third-order valence-electron chi connectivity index (χ3n) is 2.48. The number of nitrogens with two attached hydrogens (primary N) is 1. The molecule has 0 rings (SSSR count). The van der Waals surface area contributed by atoms with Crippen LogP contribution in [0.3, 0.4) is 0 Å². The first-order valence-electron chi connectivity index (χ1n) is 5.64. The van der Waals surface area contributed by atoms with Crippen LogP contribution in [0.5, 0.6) is 0 Å². The molecule has 0 aromatic rings. The summed E-state index contributed by atoms with van der Waals surface area (Å²) in [5, 5.41) is 2.64. The predicted octanol–water partition coefficient (Wildman–Crippen LogP) is 0.299. The molecule has 0 radical (unpaired) electrons. The molecule has 0 aliphatic heterocycles. The number of hydrogen-bond donors (Lipinski definition) is 2. The van der Waals surface area contributed by atoms with Gasteiger partial charge >= 0.3 is 0 Å². The highest BCUT2D eigenvalue weighted by atomic mass is 32.2. The maximum Gasteiger partial charge on any atom is 0.221 e. The summed E-state index contributed by atoms with van der Waals surface area (Å²) in [5.74, 6) is -0.257. The van der Waals surface area contributed by atoms with Crippen LogP contribution in [0.1, 0.15) is 34.1 Å². The molecule has 0 bridgehead atoms. The molecule has 0 spiro atoms. The molecule has 5 nitrogen and oxygen atoms in total.